The Morgan fingerprint density at radius 2 is 1.83 bits per heavy atom. The lowest BCUT2D eigenvalue weighted by Gasteiger charge is -2.21. The lowest BCUT2D eigenvalue weighted by molar-refractivity contribution is -0.135. The Morgan fingerprint density at radius 1 is 1.17 bits per heavy atom. The molecule has 132 valence electrons. The molecule has 1 saturated heterocycles. The van der Waals surface area contributed by atoms with Crippen LogP contribution in [0.25, 0.3) is 0 Å². The summed E-state index contributed by atoms with van der Waals surface area (Å²) in [6.07, 6.45) is 3.50. The number of likely N-dealkylation sites (tertiary alicyclic amines) is 1. The maximum Gasteiger partial charge on any atom is 0.239 e. The molecule has 0 aliphatic carbocycles. The van der Waals surface area contributed by atoms with Crippen molar-refractivity contribution in [2.45, 2.75) is 51.5 Å². The summed E-state index contributed by atoms with van der Waals surface area (Å²) < 4.78 is 0. The highest BCUT2D eigenvalue weighted by molar-refractivity contribution is 5.84. The van der Waals surface area contributed by atoms with E-state index in [1.165, 1.54) is 5.56 Å². The second kappa shape index (κ2) is 8.83. The Morgan fingerprint density at radius 3 is 2.50 bits per heavy atom. The van der Waals surface area contributed by atoms with E-state index in [4.69, 9.17) is 5.73 Å². The van der Waals surface area contributed by atoms with Gasteiger partial charge in [-0.2, -0.15) is 0 Å². The summed E-state index contributed by atoms with van der Waals surface area (Å²) in [6, 6.07) is 7.96. The molecule has 1 atom stereocenters. The fourth-order valence-electron chi connectivity index (χ4n) is 2.90. The average molecular weight is 331 g/mol. The maximum atomic E-state index is 12.1. The topological polar surface area (TPSA) is 75.4 Å². The van der Waals surface area contributed by atoms with Crippen LogP contribution in [0.5, 0.6) is 0 Å². The molecule has 1 aromatic carbocycles. The summed E-state index contributed by atoms with van der Waals surface area (Å²) in [5.41, 5.74) is 8.44. The monoisotopic (exact) mass is 331 g/mol. The summed E-state index contributed by atoms with van der Waals surface area (Å²) in [5, 5.41) is 2.85. The van der Waals surface area contributed by atoms with Crippen molar-refractivity contribution >= 4 is 11.8 Å². The summed E-state index contributed by atoms with van der Waals surface area (Å²) >= 11 is 0. The minimum absolute atomic E-state index is 0.0798. The van der Waals surface area contributed by atoms with Gasteiger partial charge in [-0.1, -0.05) is 44.5 Å². The van der Waals surface area contributed by atoms with Crippen LogP contribution in [0.1, 0.15) is 62.6 Å². The van der Waals surface area contributed by atoms with Crippen molar-refractivity contribution in [1.82, 2.24) is 10.2 Å². The minimum atomic E-state index is -0.241. The van der Waals surface area contributed by atoms with Gasteiger partial charge in [-0.25, -0.2) is 0 Å². The third-order valence-corrected chi connectivity index (χ3v) is 4.56. The Hall–Kier alpha value is -1.88. The Labute approximate surface area is 144 Å². The largest absolute Gasteiger partial charge is 0.353 e. The highest BCUT2D eigenvalue weighted by Gasteiger charge is 2.19. The number of nitrogens with one attached hydrogen (secondary N) is 1. The van der Waals surface area contributed by atoms with Gasteiger partial charge in [-0.15, -0.1) is 0 Å². The molecule has 1 aliphatic heterocycles. The third kappa shape index (κ3) is 5.34. The summed E-state index contributed by atoms with van der Waals surface area (Å²) in [4.78, 5) is 25.7. The Kier molecular flexibility index (Phi) is 6.79. The first-order valence-electron chi connectivity index (χ1n) is 8.87. The average Bonchev–Trinajstić information content (AvgIpc) is 2.77. The first-order valence-corrected chi connectivity index (χ1v) is 8.87. The van der Waals surface area contributed by atoms with Gasteiger partial charge in [0.2, 0.25) is 11.8 Å². The molecule has 2 rings (SSSR count). The molecule has 3 N–H and O–H groups in total. The van der Waals surface area contributed by atoms with Gasteiger partial charge in [0.1, 0.15) is 0 Å². The molecule has 1 heterocycles. The second-order valence-corrected chi connectivity index (χ2v) is 6.86. The number of hydrogen-bond acceptors (Lipinski definition) is 3. The van der Waals surface area contributed by atoms with Crippen LogP contribution in [-0.4, -0.2) is 36.3 Å². The van der Waals surface area contributed by atoms with Gasteiger partial charge in [-0.3, -0.25) is 9.59 Å². The van der Waals surface area contributed by atoms with Crippen LogP contribution in [0.2, 0.25) is 0 Å². The zero-order valence-corrected chi connectivity index (χ0v) is 14.8. The smallest absolute Gasteiger partial charge is 0.239 e. The molecule has 1 fully saturated rings. The quantitative estimate of drug-likeness (QED) is 0.840. The molecule has 1 aliphatic rings. The molecular formula is C19H29N3O2. The second-order valence-electron chi connectivity index (χ2n) is 6.86. The molecule has 24 heavy (non-hydrogen) atoms. The fraction of sp³-hybridized carbons (Fsp3) is 0.579. The molecule has 5 nitrogen and oxygen atoms in total. The van der Waals surface area contributed by atoms with Crippen molar-refractivity contribution in [3.05, 3.63) is 35.4 Å². The van der Waals surface area contributed by atoms with Crippen molar-refractivity contribution in [3.63, 3.8) is 0 Å². The number of amides is 2. The summed E-state index contributed by atoms with van der Waals surface area (Å²) in [5.74, 6) is 0.428. The van der Waals surface area contributed by atoms with E-state index in [0.29, 0.717) is 25.4 Å². The van der Waals surface area contributed by atoms with Gasteiger partial charge in [-0.05, 0) is 29.9 Å². The number of nitrogens with zero attached hydrogens (tertiary/aromatic N) is 1. The van der Waals surface area contributed by atoms with Gasteiger partial charge in [0.05, 0.1) is 6.54 Å². The summed E-state index contributed by atoms with van der Waals surface area (Å²) in [6.45, 7) is 5.49. The van der Waals surface area contributed by atoms with E-state index in [1.54, 1.807) is 4.90 Å². The van der Waals surface area contributed by atoms with Crippen LogP contribution >= 0.6 is 0 Å². The lowest BCUT2D eigenvalue weighted by Crippen LogP contribution is -2.42. The van der Waals surface area contributed by atoms with Crippen molar-refractivity contribution in [2.24, 2.45) is 5.73 Å². The predicted octanol–water partition coefficient (Wildman–Crippen LogP) is 2.33. The molecule has 1 unspecified atom stereocenters. The zero-order chi connectivity index (χ0) is 17.5. The third-order valence-electron chi connectivity index (χ3n) is 4.56. The number of hydrogen-bond donors (Lipinski definition) is 2. The van der Waals surface area contributed by atoms with E-state index in [0.717, 1.165) is 24.8 Å². The Bertz CT molecular complexity index is 554. The van der Waals surface area contributed by atoms with E-state index >= 15 is 0 Å². The van der Waals surface area contributed by atoms with E-state index in [-0.39, 0.29) is 24.4 Å². The van der Waals surface area contributed by atoms with Crippen LogP contribution in [-0.2, 0) is 9.59 Å². The van der Waals surface area contributed by atoms with Gasteiger partial charge < -0.3 is 16.0 Å². The zero-order valence-electron chi connectivity index (χ0n) is 14.8. The van der Waals surface area contributed by atoms with Gasteiger partial charge >= 0.3 is 0 Å². The fourth-order valence-corrected chi connectivity index (χ4v) is 2.90. The van der Waals surface area contributed by atoms with E-state index in [1.807, 2.05) is 12.1 Å². The highest BCUT2D eigenvalue weighted by atomic mass is 16.2. The first kappa shape index (κ1) is 18.5. The van der Waals surface area contributed by atoms with E-state index in [9.17, 15) is 9.59 Å². The molecule has 1 aromatic rings. The number of carbonyl (C=O) groups excluding carboxylic acids is 2. The highest BCUT2D eigenvalue weighted by Crippen LogP contribution is 2.17. The maximum absolute atomic E-state index is 12.1. The normalized spacial score (nSPS) is 16.8. The lowest BCUT2D eigenvalue weighted by atomic mass is 9.99. The predicted molar refractivity (Wildman–Crippen MR) is 95.5 cm³/mol. The van der Waals surface area contributed by atoms with Crippen molar-refractivity contribution < 1.29 is 9.59 Å². The number of benzene rings is 1. The van der Waals surface area contributed by atoms with Gasteiger partial charge in [0, 0.05) is 25.6 Å². The minimum Gasteiger partial charge on any atom is -0.353 e. The van der Waals surface area contributed by atoms with Crippen molar-refractivity contribution in [2.75, 3.05) is 19.6 Å². The standard InChI is InChI=1S/C19H29N3O2/c1-14(2)15-7-9-16(10-8-15)17(20)12-21-18(23)13-22-11-5-3-4-6-19(22)24/h7-10,14,17H,3-6,11-13,20H2,1-2H3,(H,21,23). The molecule has 5 heteroatoms. The Balaban J connectivity index is 1.81. The van der Waals surface area contributed by atoms with Crippen LogP contribution in [0.3, 0.4) is 0 Å². The van der Waals surface area contributed by atoms with Crippen LogP contribution < -0.4 is 11.1 Å². The molecular weight excluding hydrogens is 302 g/mol. The molecule has 0 saturated carbocycles. The van der Waals surface area contributed by atoms with Crippen LogP contribution in [0.15, 0.2) is 24.3 Å². The van der Waals surface area contributed by atoms with Crippen LogP contribution in [0, 0.1) is 0 Å². The SMILES string of the molecule is CC(C)c1ccc(C(N)CNC(=O)CN2CCCCCC2=O)cc1. The molecule has 2 amide bonds. The van der Waals surface area contributed by atoms with E-state index in [2.05, 4.69) is 31.3 Å². The van der Waals surface area contributed by atoms with E-state index < -0.39 is 0 Å². The van der Waals surface area contributed by atoms with Crippen molar-refractivity contribution in [3.8, 4) is 0 Å². The van der Waals surface area contributed by atoms with Gasteiger partial charge in [0.15, 0.2) is 0 Å². The van der Waals surface area contributed by atoms with Crippen LogP contribution in [0.4, 0.5) is 0 Å². The van der Waals surface area contributed by atoms with Crippen molar-refractivity contribution in [1.29, 1.82) is 0 Å². The molecule has 0 radical (unpaired) electrons. The first-order chi connectivity index (χ1) is 11.5. The molecule has 0 aromatic heterocycles. The molecule has 0 bridgehead atoms. The molecule has 0 spiro atoms. The number of rotatable bonds is 6. The summed E-state index contributed by atoms with van der Waals surface area (Å²) in [7, 11) is 0. The van der Waals surface area contributed by atoms with Gasteiger partial charge in [0.25, 0.3) is 0 Å². The number of carbonyl (C=O) groups is 2. The number of nitrogens with two attached hydrogens (primary N) is 1.